The van der Waals surface area contributed by atoms with Gasteiger partial charge in [0.2, 0.25) is 5.88 Å². The number of H-pyrrole nitrogens is 1. The van der Waals surface area contributed by atoms with Crippen molar-refractivity contribution in [3.63, 3.8) is 0 Å². The molecule has 0 fully saturated rings. The number of nitrogens with zero attached hydrogens (tertiary/aromatic N) is 2. The van der Waals surface area contributed by atoms with Gasteiger partial charge in [0.05, 0.1) is 13.3 Å². The van der Waals surface area contributed by atoms with Crippen molar-refractivity contribution in [3.8, 4) is 5.88 Å². The maximum Gasteiger partial charge on any atom is 0.277 e. The number of rotatable bonds is 1. The van der Waals surface area contributed by atoms with Crippen molar-refractivity contribution in [2.24, 2.45) is 0 Å². The highest BCUT2D eigenvalue weighted by atomic mass is 16.5. The summed E-state index contributed by atoms with van der Waals surface area (Å²) in [5.74, 6) is 0.321. The van der Waals surface area contributed by atoms with Crippen LogP contribution in [0.25, 0.3) is 10.8 Å². The molecule has 0 unspecified atom stereocenters. The first-order valence-corrected chi connectivity index (χ1v) is 3.69. The van der Waals surface area contributed by atoms with Crippen LogP contribution in [0.1, 0.15) is 0 Å². The van der Waals surface area contributed by atoms with Crippen molar-refractivity contribution in [1.29, 1.82) is 0 Å². The van der Waals surface area contributed by atoms with Gasteiger partial charge in [-0.2, -0.15) is 5.10 Å². The number of methoxy groups -OCH3 is 1. The van der Waals surface area contributed by atoms with Crippen LogP contribution in [-0.4, -0.2) is 22.3 Å². The summed E-state index contributed by atoms with van der Waals surface area (Å²) in [6, 6.07) is 1.71. The zero-order chi connectivity index (χ0) is 9.26. The number of pyridine rings is 1. The van der Waals surface area contributed by atoms with Gasteiger partial charge in [-0.1, -0.05) is 0 Å². The second-order valence-corrected chi connectivity index (χ2v) is 2.48. The van der Waals surface area contributed by atoms with E-state index in [9.17, 15) is 4.79 Å². The fraction of sp³-hybridized carbons (Fsp3) is 0.125. The molecule has 66 valence electrons. The average Bonchev–Trinajstić information content (AvgIpc) is 2.17. The fourth-order valence-electron chi connectivity index (χ4n) is 1.16. The molecule has 0 spiro atoms. The van der Waals surface area contributed by atoms with Gasteiger partial charge in [-0.15, -0.1) is 0 Å². The summed E-state index contributed by atoms with van der Waals surface area (Å²) in [6.07, 6.45) is 3.13. The van der Waals surface area contributed by atoms with E-state index >= 15 is 0 Å². The Morgan fingerprint density at radius 3 is 3.15 bits per heavy atom. The highest BCUT2D eigenvalue weighted by molar-refractivity contribution is 5.84. The second kappa shape index (κ2) is 2.85. The lowest BCUT2D eigenvalue weighted by molar-refractivity contribution is 0.403. The summed E-state index contributed by atoms with van der Waals surface area (Å²) in [4.78, 5) is 15.2. The first-order valence-electron chi connectivity index (χ1n) is 3.69. The van der Waals surface area contributed by atoms with E-state index in [1.54, 1.807) is 18.5 Å². The summed E-state index contributed by atoms with van der Waals surface area (Å²) in [5.41, 5.74) is -0.289. The third kappa shape index (κ3) is 1.14. The van der Waals surface area contributed by atoms with E-state index < -0.39 is 0 Å². The van der Waals surface area contributed by atoms with Crippen molar-refractivity contribution in [2.45, 2.75) is 0 Å². The minimum atomic E-state index is -0.289. The number of ether oxygens (including phenoxy) is 1. The van der Waals surface area contributed by atoms with Gasteiger partial charge in [-0.05, 0) is 6.07 Å². The van der Waals surface area contributed by atoms with Crippen LogP contribution < -0.4 is 10.3 Å². The lowest BCUT2D eigenvalue weighted by atomic mass is 10.2. The molecule has 2 aromatic rings. The standard InChI is InChI=1S/C8H7N3O2/c1-13-8-6-5(2-3-9-8)4-10-11-7(6)12/h2-4H,1H3,(H,11,12). The van der Waals surface area contributed by atoms with Gasteiger partial charge < -0.3 is 4.74 Å². The molecule has 2 rings (SSSR count). The highest BCUT2D eigenvalue weighted by Crippen LogP contribution is 2.16. The van der Waals surface area contributed by atoms with Gasteiger partial charge in [-0.3, -0.25) is 4.79 Å². The van der Waals surface area contributed by atoms with E-state index in [-0.39, 0.29) is 5.56 Å². The van der Waals surface area contributed by atoms with Gasteiger partial charge >= 0.3 is 0 Å². The van der Waals surface area contributed by atoms with E-state index in [0.29, 0.717) is 11.3 Å². The Kier molecular flexibility index (Phi) is 1.70. The van der Waals surface area contributed by atoms with Crippen LogP contribution in [0.4, 0.5) is 0 Å². The van der Waals surface area contributed by atoms with Crippen LogP contribution in [0.15, 0.2) is 23.3 Å². The summed E-state index contributed by atoms with van der Waals surface area (Å²) >= 11 is 0. The van der Waals surface area contributed by atoms with Crippen molar-refractivity contribution < 1.29 is 4.74 Å². The van der Waals surface area contributed by atoms with Crippen LogP contribution in [0, 0.1) is 0 Å². The molecule has 0 amide bonds. The predicted molar refractivity (Wildman–Crippen MR) is 46.7 cm³/mol. The molecule has 0 saturated carbocycles. The first kappa shape index (κ1) is 7.72. The monoisotopic (exact) mass is 177 g/mol. The third-order valence-corrected chi connectivity index (χ3v) is 1.74. The van der Waals surface area contributed by atoms with E-state index in [4.69, 9.17) is 4.74 Å². The Hall–Kier alpha value is -1.91. The van der Waals surface area contributed by atoms with E-state index in [2.05, 4.69) is 15.2 Å². The maximum absolute atomic E-state index is 11.3. The lowest BCUT2D eigenvalue weighted by Gasteiger charge is -2.00. The Morgan fingerprint density at radius 2 is 2.38 bits per heavy atom. The SMILES string of the molecule is COc1nccc2cn[nH]c(=O)c12. The minimum Gasteiger partial charge on any atom is -0.480 e. The molecule has 0 saturated heterocycles. The predicted octanol–water partition coefficient (Wildman–Crippen LogP) is 0.327. The van der Waals surface area contributed by atoms with E-state index in [0.717, 1.165) is 5.39 Å². The molecule has 5 heteroatoms. The molecular weight excluding hydrogens is 170 g/mol. The summed E-state index contributed by atoms with van der Waals surface area (Å²) in [6.45, 7) is 0. The average molecular weight is 177 g/mol. The van der Waals surface area contributed by atoms with E-state index in [1.165, 1.54) is 7.11 Å². The molecule has 5 nitrogen and oxygen atoms in total. The van der Waals surface area contributed by atoms with Crippen molar-refractivity contribution in [2.75, 3.05) is 7.11 Å². The highest BCUT2D eigenvalue weighted by Gasteiger charge is 2.05. The number of nitrogens with one attached hydrogen (secondary N) is 1. The van der Waals surface area contributed by atoms with Crippen LogP contribution in [0.2, 0.25) is 0 Å². The van der Waals surface area contributed by atoms with Crippen LogP contribution in [0.5, 0.6) is 5.88 Å². The van der Waals surface area contributed by atoms with Crippen LogP contribution in [0.3, 0.4) is 0 Å². The fourth-order valence-corrected chi connectivity index (χ4v) is 1.16. The Morgan fingerprint density at radius 1 is 1.54 bits per heavy atom. The molecule has 1 N–H and O–H groups in total. The van der Waals surface area contributed by atoms with Crippen LogP contribution >= 0.6 is 0 Å². The number of hydrogen-bond donors (Lipinski definition) is 1. The van der Waals surface area contributed by atoms with Crippen LogP contribution in [-0.2, 0) is 0 Å². The summed E-state index contributed by atoms with van der Waals surface area (Å²) in [7, 11) is 1.47. The quantitative estimate of drug-likeness (QED) is 0.681. The zero-order valence-electron chi connectivity index (χ0n) is 6.94. The second-order valence-electron chi connectivity index (χ2n) is 2.48. The molecule has 0 aliphatic rings. The number of fused-ring (bicyclic) bond motifs is 1. The molecule has 0 aliphatic carbocycles. The smallest absolute Gasteiger partial charge is 0.277 e. The topological polar surface area (TPSA) is 67.9 Å². The molecular formula is C8H7N3O2. The third-order valence-electron chi connectivity index (χ3n) is 1.74. The normalized spacial score (nSPS) is 10.2. The summed E-state index contributed by atoms with van der Waals surface area (Å²) < 4.78 is 4.95. The Bertz CT molecular complexity index is 487. The van der Waals surface area contributed by atoms with Gasteiger partial charge in [0.25, 0.3) is 5.56 Å². The van der Waals surface area contributed by atoms with Gasteiger partial charge in [0.1, 0.15) is 5.39 Å². The Balaban J connectivity index is 2.95. The van der Waals surface area contributed by atoms with Gasteiger partial charge in [0.15, 0.2) is 0 Å². The molecule has 0 bridgehead atoms. The van der Waals surface area contributed by atoms with E-state index in [1.807, 2.05) is 0 Å². The molecule has 0 aliphatic heterocycles. The molecule has 2 aromatic heterocycles. The molecule has 2 heterocycles. The first-order chi connectivity index (χ1) is 6.33. The summed E-state index contributed by atoms with van der Waals surface area (Å²) in [5, 5.41) is 7.14. The largest absolute Gasteiger partial charge is 0.480 e. The van der Waals surface area contributed by atoms with Gasteiger partial charge in [0, 0.05) is 11.6 Å². The molecule has 0 aromatic carbocycles. The van der Waals surface area contributed by atoms with Crippen molar-refractivity contribution in [1.82, 2.24) is 15.2 Å². The Labute approximate surface area is 73.4 Å². The van der Waals surface area contributed by atoms with Crippen molar-refractivity contribution in [3.05, 3.63) is 28.8 Å². The zero-order valence-corrected chi connectivity index (χ0v) is 6.94. The minimum absolute atomic E-state index is 0.289. The number of aromatic nitrogens is 3. The van der Waals surface area contributed by atoms with Gasteiger partial charge in [-0.25, -0.2) is 10.1 Å². The number of aromatic amines is 1. The molecule has 0 radical (unpaired) electrons. The number of hydrogen-bond acceptors (Lipinski definition) is 4. The maximum atomic E-state index is 11.3. The lowest BCUT2D eigenvalue weighted by Crippen LogP contribution is -2.09. The molecule has 13 heavy (non-hydrogen) atoms. The molecule has 0 atom stereocenters. The van der Waals surface area contributed by atoms with Crippen molar-refractivity contribution >= 4 is 10.8 Å².